The number of rotatable bonds is 2. The number of aliphatic imine (C=N–C) groups is 1. The fourth-order valence-corrected chi connectivity index (χ4v) is 2.13. The summed E-state index contributed by atoms with van der Waals surface area (Å²) in [7, 11) is 0. The fraction of sp³-hybridized carbons (Fsp3) is 0. The van der Waals surface area contributed by atoms with E-state index >= 15 is 0 Å². The third-order valence-corrected chi connectivity index (χ3v) is 2.73. The zero-order chi connectivity index (χ0) is 9.97. The molecule has 0 aliphatic heterocycles. The topological polar surface area (TPSA) is 90.2 Å². The lowest BCUT2D eigenvalue weighted by atomic mass is 10.4. The van der Waals surface area contributed by atoms with Gasteiger partial charge in [-0.15, -0.1) is 22.7 Å². The molecule has 0 saturated heterocycles. The Bertz CT molecular complexity index is 440. The summed E-state index contributed by atoms with van der Waals surface area (Å²) >= 11 is 2.91. The summed E-state index contributed by atoms with van der Waals surface area (Å²) in [4.78, 5) is 12.2. The van der Waals surface area contributed by atoms with Gasteiger partial charge in [-0.3, -0.25) is 0 Å². The molecule has 5 nitrogen and oxygen atoms in total. The van der Waals surface area contributed by atoms with E-state index in [4.69, 9.17) is 11.5 Å². The molecule has 0 fully saturated rings. The van der Waals surface area contributed by atoms with Gasteiger partial charge in [0.05, 0.1) is 5.51 Å². The molecule has 72 valence electrons. The molecule has 0 aliphatic rings. The summed E-state index contributed by atoms with van der Waals surface area (Å²) in [6, 6.07) is 0. The van der Waals surface area contributed by atoms with E-state index in [9.17, 15) is 0 Å². The van der Waals surface area contributed by atoms with Crippen LogP contribution in [0.15, 0.2) is 21.3 Å². The molecule has 0 spiro atoms. The smallest absolute Gasteiger partial charge is 0.212 e. The summed E-state index contributed by atoms with van der Waals surface area (Å²) in [6.45, 7) is 0. The van der Waals surface area contributed by atoms with Crippen molar-refractivity contribution in [2.24, 2.45) is 16.5 Å². The third-order valence-electron chi connectivity index (χ3n) is 1.41. The van der Waals surface area contributed by atoms with Crippen molar-refractivity contribution in [3.8, 4) is 11.4 Å². The number of hydrogen-bond acceptors (Lipinski definition) is 5. The first-order valence-corrected chi connectivity index (χ1v) is 5.51. The fourth-order valence-electron chi connectivity index (χ4n) is 0.883. The van der Waals surface area contributed by atoms with Crippen molar-refractivity contribution in [2.75, 3.05) is 0 Å². The second-order valence-electron chi connectivity index (χ2n) is 2.43. The number of nitrogens with two attached hydrogens (primary N) is 2. The highest BCUT2D eigenvalue weighted by molar-refractivity contribution is 7.13. The quantitative estimate of drug-likeness (QED) is 0.593. The maximum absolute atomic E-state index is 5.23. The highest BCUT2D eigenvalue weighted by Crippen LogP contribution is 2.25. The lowest BCUT2D eigenvalue weighted by Crippen LogP contribution is -2.21. The van der Waals surface area contributed by atoms with Crippen molar-refractivity contribution in [1.82, 2.24) is 9.97 Å². The molecule has 2 rings (SSSR count). The minimum atomic E-state index is 0.0178. The van der Waals surface area contributed by atoms with Crippen LogP contribution in [0.4, 0.5) is 5.13 Å². The summed E-state index contributed by atoms with van der Waals surface area (Å²) in [5, 5.41) is 4.35. The van der Waals surface area contributed by atoms with Crippen LogP contribution in [0.3, 0.4) is 0 Å². The van der Waals surface area contributed by atoms with Crippen molar-refractivity contribution < 1.29 is 0 Å². The Morgan fingerprint density at radius 1 is 1.29 bits per heavy atom. The Morgan fingerprint density at radius 2 is 2.14 bits per heavy atom. The van der Waals surface area contributed by atoms with Gasteiger partial charge in [0.25, 0.3) is 0 Å². The first-order valence-electron chi connectivity index (χ1n) is 3.69. The average molecular weight is 225 g/mol. The van der Waals surface area contributed by atoms with Gasteiger partial charge in [0, 0.05) is 10.8 Å². The standard InChI is InChI=1S/C7H7N5S2/c8-6(9)12-7-11-5(2-14-7)4-1-13-3-10-4/h1-3H,(H4,8,9,11,12). The first-order chi connectivity index (χ1) is 6.75. The molecule has 4 N–H and O–H groups in total. The minimum Gasteiger partial charge on any atom is -0.370 e. The van der Waals surface area contributed by atoms with Crippen molar-refractivity contribution in [3.05, 3.63) is 16.3 Å². The Labute approximate surface area is 88.1 Å². The maximum atomic E-state index is 5.23. The van der Waals surface area contributed by atoms with E-state index in [2.05, 4.69) is 15.0 Å². The largest absolute Gasteiger partial charge is 0.370 e. The van der Waals surface area contributed by atoms with Gasteiger partial charge in [-0.1, -0.05) is 0 Å². The Hall–Kier alpha value is -1.47. The number of aromatic nitrogens is 2. The second-order valence-corrected chi connectivity index (χ2v) is 3.98. The van der Waals surface area contributed by atoms with Crippen LogP contribution in [0.1, 0.15) is 0 Å². The molecule has 0 aromatic carbocycles. The zero-order valence-electron chi connectivity index (χ0n) is 7.04. The Balaban J connectivity index is 2.31. The SMILES string of the molecule is NC(N)=Nc1nc(-c2cscn2)cs1. The lowest BCUT2D eigenvalue weighted by molar-refractivity contribution is 1.29. The molecule has 2 aromatic rings. The van der Waals surface area contributed by atoms with Gasteiger partial charge in [-0.25, -0.2) is 9.97 Å². The Morgan fingerprint density at radius 3 is 2.79 bits per heavy atom. The second kappa shape index (κ2) is 3.72. The van der Waals surface area contributed by atoms with Gasteiger partial charge in [0.15, 0.2) is 5.96 Å². The number of guanidine groups is 1. The van der Waals surface area contributed by atoms with E-state index in [-0.39, 0.29) is 5.96 Å². The van der Waals surface area contributed by atoms with Gasteiger partial charge < -0.3 is 11.5 Å². The first kappa shape index (κ1) is 9.10. The van der Waals surface area contributed by atoms with Gasteiger partial charge in [0.2, 0.25) is 5.13 Å². The molecule has 14 heavy (non-hydrogen) atoms. The normalized spacial score (nSPS) is 10.0. The van der Waals surface area contributed by atoms with Gasteiger partial charge in [-0.2, -0.15) is 4.99 Å². The molecule has 2 aromatic heterocycles. The van der Waals surface area contributed by atoms with Crippen LogP contribution in [0.2, 0.25) is 0 Å². The average Bonchev–Trinajstić information content (AvgIpc) is 2.69. The predicted octanol–water partition coefficient (Wildman–Crippen LogP) is 1.17. The molecule has 0 atom stereocenters. The van der Waals surface area contributed by atoms with E-state index in [1.807, 2.05) is 10.8 Å². The predicted molar refractivity (Wildman–Crippen MR) is 58.7 cm³/mol. The molecule has 0 unspecified atom stereocenters. The summed E-state index contributed by atoms with van der Waals surface area (Å²) in [5.74, 6) is 0.0178. The van der Waals surface area contributed by atoms with Crippen LogP contribution in [0.25, 0.3) is 11.4 Å². The third kappa shape index (κ3) is 1.88. The van der Waals surface area contributed by atoms with Crippen molar-refractivity contribution in [1.29, 1.82) is 0 Å². The molecule has 0 amide bonds. The van der Waals surface area contributed by atoms with Crippen molar-refractivity contribution in [2.45, 2.75) is 0 Å². The lowest BCUT2D eigenvalue weighted by Gasteiger charge is -1.87. The molecule has 7 heteroatoms. The maximum Gasteiger partial charge on any atom is 0.212 e. The van der Waals surface area contributed by atoms with Gasteiger partial charge in [0.1, 0.15) is 11.4 Å². The van der Waals surface area contributed by atoms with Crippen LogP contribution >= 0.6 is 22.7 Å². The summed E-state index contributed by atoms with van der Waals surface area (Å²) < 4.78 is 0. The van der Waals surface area contributed by atoms with Crippen LogP contribution < -0.4 is 11.5 Å². The van der Waals surface area contributed by atoms with Crippen molar-refractivity contribution in [3.63, 3.8) is 0 Å². The minimum absolute atomic E-state index is 0.0178. The van der Waals surface area contributed by atoms with Gasteiger partial charge >= 0.3 is 0 Å². The van der Waals surface area contributed by atoms with E-state index < -0.39 is 0 Å². The summed E-state index contributed by atoms with van der Waals surface area (Å²) in [6.07, 6.45) is 0. The van der Waals surface area contributed by atoms with E-state index in [1.165, 1.54) is 22.7 Å². The molecule has 0 radical (unpaired) electrons. The molecule has 0 saturated carbocycles. The molecule has 0 aliphatic carbocycles. The van der Waals surface area contributed by atoms with E-state index in [0.29, 0.717) is 5.13 Å². The van der Waals surface area contributed by atoms with Crippen LogP contribution in [-0.4, -0.2) is 15.9 Å². The van der Waals surface area contributed by atoms with E-state index in [1.54, 1.807) is 5.51 Å². The number of thiazole rings is 2. The summed E-state index contributed by atoms with van der Waals surface area (Å²) in [5.41, 5.74) is 13.9. The highest BCUT2D eigenvalue weighted by Gasteiger charge is 2.04. The number of nitrogens with zero attached hydrogens (tertiary/aromatic N) is 3. The van der Waals surface area contributed by atoms with E-state index in [0.717, 1.165) is 11.4 Å². The molecule has 0 bridgehead atoms. The molecule has 2 heterocycles. The Kier molecular flexibility index (Phi) is 2.42. The molecular weight excluding hydrogens is 218 g/mol. The van der Waals surface area contributed by atoms with Crippen molar-refractivity contribution >= 4 is 33.8 Å². The highest BCUT2D eigenvalue weighted by atomic mass is 32.1. The van der Waals surface area contributed by atoms with Crippen LogP contribution in [0.5, 0.6) is 0 Å². The van der Waals surface area contributed by atoms with Crippen LogP contribution in [-0.2, 0) is 0 Å². The number of hydrogen-bond donors (Lipinski definition) is 2. The van der Waals surface area contributed by atoms with Gasteiger partial charge in [-0.05, 0) is 0 Å². The zero-order valence-corrected chi connectivity index (χ0v) is 8.68. The monoisotopic (exact) mass is 225 g/mol. The molecular formula is C7H7N5S2. The van der Waals surface area contributed by atoms with Crippen LogP contribution in [0, 0.1) is 0 Å².